The third-order valence-corrected chi connectivity index (χ3v) is 3.32. The summed E-state index contributed by atoms with van der Waals surface area (Å²) in [5.74, 6) is 0.538. The van der Waals surface area contributed by atoms with Gasteiger partial charge in [-0.2, -0.15) is 0 Å². The van der Waals surface area contributed by atoms with Crippen molar-refractivity contribution in [3.63, 3.8) is 0 Å². The highest BCUT2D eigenvalue weighted by atomic mass is 35.5. The molecule has 2 N–H and O–H groups in total. The van der Waals surface area contributed by atoms with E-state index in [4.69, 9.17) is 22.1 Å². The first kappa shape index (κ1) is 15.0. The normalized spacial score (nSPS) is 15.0. The van der Waals surface area contributed by atoms with Crippen molar-refractivity contribution in [1.29, 1.82) is 0 Å². The third kappa shape index (κ3) is 4.04. The van der Waals surface area contributed by atoms with E-state index in [1.165, 1.54) is 0 Å². The molecule has 1 aliphatic rings. The molecule has 5 heteroatoms. The number of anilines is 2. The van der Waals surface area contributed by atoms with Crippen molar-refractivity contribution in [3.05, 3.63) is 23.2 Å². The summed E-state index contributed by atoms with van der Waals surface area (Å²) < 4.78 is 5.47. The van der Waals surface area contributed by atoms with Crippen LogP contribution in [-0.2, 0) is 4.74 Å². The van der Waals surface area contributed by atoms with Crippen LogP contribution in [0.4, 0.5) is 16.2 Å². The van der Waals surface area contributed by atoms with E-state index in [2.05, 4.69) is 0 Å². The smallest absolute Gasteiger partial charge is 0.414 e. The van der Waals surface area contributed by atoms with Gasteiger partial charge in [-0.15, -0.1) is 0 Å². The van der Waals surface area contributed by atoms with Crippen LogP contribution < -0.4 is 10.6 Å². The zero-order valence-electron chi connectivity index (χ0n) is 12.1. The maximum Gasteiger partial charge on any atom is 0.414 e. The van der Waals surface area contributed by atoms with Crippen LogP contribution in [0.3, 0.4) is 0 Å². The fourth-order valence-electron chi connectivity index (χ4n) is 1.89. The van der Waals surface area contributed by atoms with Crippen molar-refractivity contribution < 1.29 is 9.53 Å². The lowest BCUT2D eigenvalue weighted by Crippen LogP contribution is -2.38. The summed E-state index contributed by atoms with van der Waals surface area (Å²) >= 11 is 6.21. The highest BCUT2D eigenvalue weighted by Gasteiger charge is 2.31. The Morgan fingerprint density at radius 2 is 2.10 bits per heavy atom. The van der Waals surface area contributed by atoms with Gasteiger partial charge < -0.3 is 10.5 Å². The molecule has 0 radical (unpaired) electrons. The van der Waals surface area contributed by atoms with E-state index in [0.717, 1.165) is 12.8 Å². The molecule has 0 spiro atoms. The summed E-state index contributed by atoms with van der Waals surface area (Å²) in [5, 5.41) is 0.469. The van der Waals surface area contributed by atoms with E-state index < -0.39 is 5.60 Å². The molecule has 0 unspecified atom stereocenters. The van der Waals surface area contributed by atoms with Gasteiger partial charge >= 0.3 is 6.09 Å². The summed E-state index contributed by atoms with van der Waals surface area (Å²) in [7, 11) is 0. The zero-order chi connectivity index (χ0) is 14.9. The Hall–Kier alpha value is -1.42. The Kier molecular flexibility index (Phi) is 4.14. The van der Waals surface area contributed by atoms with E-state index in [-0.39, 0.29) is 6.09 Å². The molecule has 2 rings (SSSR count). The minimum atomic E-state index is -0.529. The van der Waals surface area contributed by atoms with Crippen LogP contribution >= 0.6 is 11.6 Å². The topological polar surface area (TPSA) is 55.6 Å². The van der Waals surface area contributed by atoms with Crippen LogP contribution in [0.5, 0.6) is 0 Å². The summed E-state index contributed by atoms with van der Waals surface area (Å²) in [5.41, 5.74) is 6.40. The minimum Gasteiger partial charge on any atom is -0.443 e. The second kappa shape index (κ2) is 5.52. The molecule has 0 aliphatic heterocycles. The molecule has 1 fully saturated rings. The number of nitrogen functional groups attached to an aromatic ring is 1. The molecule has 20 heavy (non-hydrogen) atoms. The van der Waals surface area contributed by atoms with Crippen LogP contribution in [0.1, 0.15) is 33.6 Å². The number of carbonyl (C=O) groups excluding carboxylic acids is 1. The second-order valence-electron chi connectivity index (χ2n) is 6.25. The van der Waals surface area contributed by atoms with Gasteiger partial charge in [0.15, 0.2) is 0 Å². The van der Waals surface area contributed by atoms with Crippen molar-refractivity contribution in [2.24, 2.45) is 5.92 Å². The molecule has 4 nitrogen and oxygen atoms in total. The Bertz CT molecular complexity index is 507. The van der Waals surface area contributed by atoms with Crippen LogP contribution in [0.15, 0.2) is 18.2 Å². The molecular formula is C15H21ClN2O2. The fraction of sp³-hybridized carbons (Fsp3) is 0.533. The minimum absolute atomic E-state index is 0.365. The van der Waals surface area contributed by atoms with Gasteiger partial charge in [-0.1, -0.05) is 11.6 Å². The standard InChI is InChI=1S/C15H21ClN2O2/c1-15(2,3)20-14(19)18(9-10-4-5-10)13-7-6-11(17)8-12(13)16/h6-8,10H,4-5,9,17H2,1-3H3. The summed E-state index contributed by atoms with van der Waals surface area (Å²) in [4.78, 5) is 14.0. The quantitative estimate of drug-likeness (QED) is 0.855. The van der Waals surface area contributed by atoms with E-state index >= 15 is 0 Å². The van der Waals surface area contributed by atoms with Gasteiger partial charge in [0.2, 0.25) is 0 Å². The number of hydrogen-bond acceptors (Lipinski definition) is 3. The maximum atomic E-state index is 12.4. The van der Waals surface area contributed by atoms with E-state index in [9.17, 15) is 4.79 Å². The van der Waals surface area contributed by atoms with Crippen LogP contribution in [0.25, 0.3) is 0 Å². The van der Waals surface area contributed by atoms with Crippen molar-refractivity contribution in [2.45, 2.75) is 39.2 Å². The predicted octanol–water partition coefficient (Wildman–Crippen LogP) is 4.07. The monoisotopic (exact) mass is 296 g/mol. The molecule has 1 aliphatic carbocycles. The van der Waals surface area contributed by atoms with Gasteiger partial charge in [-0.05, 0) is 57.7 Å². The van der Waals surface area contributed by atoms with Crippen molar-refractivity contribution in [3.8, 4) is 0 Å². The third-order valence-electron chi connectivity index (χ3n) is 3.01. The molecule has 0 bridgehead atoms. The number of amides is 1. The first-order valence-electron chi connectivity index (χ1n) is 6.82. The molecule has 1 aromatic rings. The average molecular weight is 297 g/mol. The van der Waals surface area contributed by atoms with Crippen molar-refractivity contribution in [2.75, 3.05) is 17.2 Å². The Labute approximate surface area is 124 Å². The van der Waals surface area contributed by atoms with E-state index in [1.54, 1.807) is 23.1 Å². The highest BCUT2D eigenvalue weighted by Crippen LogP contribution is 2.35. The number of rotatable bonds is 3. The Morgan fingerprint density at radius 1 is 1.45 bits per heavy atom. The van der Waals surface area contributed by atoms with Gasteiger partial charge in [0.1, 0.15) is 5.60 Å². The lowest BCUT2D eigenvalue weighted by atomic mass is 10.2. The molecule has 1 amide bonds. The number of nitrogens with zero attached hydrogens (tertiary/aromatic N) is 1. The van der Waals surface area contributed by atoms with E-state index in [0.29, 0.717) is 28.9 Å². The molecule has 0 saturated heterocycles. The van der Waals surface area contributed by atoms with Crippen LogP contribution in [0.2, 0.25) is 5.02 Å². The number of ether oxygens (including phenoxy) is 1. The zero-order valence-corrected chi connectivity index (χ0v) is 12.9. The number of carbonyl (C=O) groups is 1. The molecule has 0 heterocycles. The van der Waals surface area contributed by atoms with Gasteiger partial charge in [0.25, 0.3) is 0 Å². The van der Waals surface area contributed by atoms with Crippen molar-refractivity contribution in [1.82, 2.24) is 0 Å². The molecular weight excluding hydrogens is 276 g/mol. The maximum absolute atomic E-state index is 12.4. The number of halogens is 1. The SMILES string of the molecule is CC(C)(C)OC(=O)N(CC1CC1)c1ccc(N)cc1Cl. The predicted molar refractivity (Wildman–Crippen MR) is 82.2 cm³/mol. The number of nitrogens with two attached hydrogens (primary N) is 1. The molecule has 110 valence electrons. The number of benzene rings is 1. The summed E-state index contributed by atoms with van der Waals surface area (Å²) in [6.45, 7) is 6.19. The van der Waals surface area contributed by atoms with Crippen LogP contribution in [-0.4, -0.2) is 18.2 Å². The molecule has 0 atom stereocenters. The largest absolute Gasteiger partial charge is 0.443 e. The average Bonchev–Trinajstić information content (AvgIpc) is 3.08. The molecule has 0 aromatic heterocycles. The summed E-state index contributed by atoms with van der Waals surface area (Å²) in [6.07, 6.45) is 1.92. The Balaban J connectivity index is 2.24. The first-order chi connectivity index (χ1) is 9.26. The Morgan fingerprint density at radius 3 is 2.60 bits per heavy atom. The first-order valence-corrected chi connectivity index (χ1v) is 7.19. The van der Waals surface area contributed by atoms with Gasteiger partial charge in [0.05, 0.1) is 10.7 Å². The fourth-order valence-corrected chi connectivity index (χ4v) is 2.18. The van der Waals surface area contributed by atoms with Gasteiger partial charge in [0, 0.05) is 12.2 Å². The molecule has 1 saturated carbocycles. The van der Waals surface area contributed by atoms with Crippen molar-refractivity contribution >= 4 is 29.1 Å². The van der Waals surface area contributed by atoms with E-state index in [1.807, 2.05) is 20.8 Å². The lowest BCUT2D eigenvalue weighted by Gasteiger charge is -2.28. The summed E-state index contributed by atoms with van der Waals surface area (Å²) in [6, 6.07) is 5.16. The van der Waals surface area contributed by atoms with Gasteiger partial charge in [-0.25, -0.2) is 4.79 Å². The molecule has 1 aromatic carbocycles. The van der Waals surface area contributed by atoms with Gasteiger partial charge in [-0.3, -0.25) is 4.90 Å². The second-order valence-corrected chi connectivity index (χ2v) is 6.65. The number of hydrogen-bond donors (Lipinski definition) is 1. The lowest BCUT2D eigenvalue weighted by molar-refractivity contribution is 0.0578. The van der Waals surface area contributed by atoms with Crippen LogP contribution in [0, 0.1) is 5.92 Å². The highest BCUT2D eigenvalue weighted by molar-refractivity contribution is 6.34.